The third kappa shape index (κ3) is 4.95. The monoisotopic (exact) mass is 405 g/mol. The van der Waals surface area contributed by atoms with Gasteiger partial charge >= 0.3 is 0 Å². The van der Waals surface area contributed by atoms with Gasteiger partial charge in [0.2, 0.25) is 5.91 Å². The second kappa shape index (κ2) is 8.81. The Morgan fingerprint density at radius 1 is 1.07 bits per heavy atom. The van der Waals surface area contributed by atoms with E-state index in [0.29, 0.717) is 30.8 Å². The van der Waals surface area contributed by atoms with Gasteiger partial charge in [-0.1, -0.05) is 31.2 Å². The number of hydrogen-bond acceptors (Lipinski definition) is 3. The van der Waals surface area contributed by atoms with Gasteiger partial charge in [-0.15, -0.1) is 0 Å². The number of hydrogen-bond donors (Lipinski definition) is 1. The van der Waals surface area contributed by atoms with Gasteiger partial charge in [-0.3, -0.25) is 4.79 Å². The summed E-state index contributed by atoms with van der Waals surface area (Å²) in [6.45, 7) is 2.61. The van der Waals surface area contributed by atoms with Crippen molar-refractivity contribution in [2.75, 3.05) is 25.0 Å². The topological polar surface area (TPSA) is 69.7 Å². The minimum absolute atomic E-state index is 0.152. The molecule has 3 rings (SSSR count). The molecule has 2 aromatic carbocycles. The molecule has 1 saturated heterocycles. The van der Waals surface area contributed by atoms with Crippen LogP contribution in [0.2, 0.25) is 0 Å². The lowest BCUT2D eigenvalue weighted by Crippen LogP contribution is -2.51. The van der Waals surface area contributed by atoms with E-state index in [1.165, 1.54) is 20.7 Å². The van der Waals surface area contributed by atoms with Crippen LogP contribution in [0.4, 0.5) is 10.1 Å². The highest BCUT2D eigenvalue weighted by Crippen LogP contribution is 2.20. The molecular weight excluding hydrogens is 381 g/mol. The summed E-state index contributed by atoms with van der Waals surface area (Å²) >= 11 is 0. The van der Waals surface area contributed by atoms with Crippen LogP contribution >= 0.6 is 0 Å². The van der Waals surface area contributed by atoms with Crippen LogP contribution in [0.5, 0.6) is 0 Å². The first-order chi connectivity index (χ1) is 13.4. The zero-order valence-corrected chi connectivity index (χ0v) is 16.6. The Hall–Kier alpha value is -2.29. The molecule has 0 spiro atoms. The van der Waals surface area contributed by atoms with Crippen molar-refractivity contribution in [3.8, 4) is 0 Å². The molecular formula is C20H24FN3O3S. The summed E-state index contributed by atoms with van der Waals surface area (Å²) in [7, 11) is -3.76. The van der Waals surface area contributed by atoms with Crippen LogP contribution < -0.4 is 5.32 Å². The average Bonchev–Trinajstić information content (AvgIpc) is 2.67. The molecule has 0 aromatic heterocycles. The van der Waals surface area contributed by atoms with Crippen LogP contribution in [-0.2, 0) is 28.0 Å². The quantitative estimate of drug-likeness (QED) is 0.804. The summed E-state index contributed by atoms with van der Waals surface area (Å²) in [5.41, 5.74) is 2.45. The van der Waals surface area contributed by atoms with E-state index < -0.39 is 10.2 Å². The summed E-state index contributed by atoms with van der Waals surface area (Å²) in [5, 5.41) is 2.77. The van der Waals surface area contributed by atoms with Gasteiger partial charge in [0.25, 0.3) is 10.2 Å². The number of nitrogens with zero attached hydrogens (tertiary/aromatic N) is 2. The van der Waals surface area contributed by atoms with Gasteiger partial charge in [0.1, 0.15) is 5.82 Å². The third-order valence-electron chi connectivity index (χ3n) is 4.68. The molecule has 1 heterocycles. The van der Waals surface area contributed by atoms with Crippen molar-refractivity contribution >= 4 is 21.8 Å². The second-order valence-electron chi connectivity index (χ2n) is 6.76. The molecule has 0 unspecified atom stereocenters. The van der Waals surface area contributed by atoms with E-state index in [2.05, 4.69) is 5.32 Å². The molecule has 0 radical (unpaired) electrons. The molecule has 8 heteroatoms. The number of carbonyl (C=O) groups is 1. The van der Waals surface area contributed by atoms with Gasteiger partial charge < -0.3 is 5.32 Å². The van der Waals surface area contributed by atoms with Crippen molar-refractivity contribution in [3.05, 3.63) is 65.5 Å². The van der Waals surface area contributed by atoms with E-state index in [4.69, 9.17) is 0 Å². The molecule has 0 bridgehead atoms. The van der Waals surface area contributed by atoms with Crippen molar-refractivity contribution in [3.63, 3.8) is 0 Å². The number of aryl methyl sites for hydroxylation is 1. The maximum absolute atomic E-state index is 13.1. The van der Waals surface area contributed by atoms with Gasteiger partial charge in [0.05, 0.1) is 6.54 Å². The summed E-state index contributed by atoms with van der Waals surface area (Å²) in [6, 6.07) is 13.2. The number of anilines is 1. The van der Waals surface area contributed by atoms with Crippen molar-refractivity contribution in [2.45, 2.75) is 26.3 Å². The minimum Gasteiger partial charge on any atom is -0.325 e. The van der Waals surface area contributed by atoms with Gasteiger partial charge in [0, 0.05) is 25.3 Å². The Labute approximate surface area is 165 Å². The zero-order valence-electron chi connectivity index (χ0n) is 15.8. The second-order valence-corrected chi connectivity index (χ2v) is 8.69. The fourth-order valence-corrected chi connectivity index (χ4v) is 4.80. The molecule has 1 fully saturated rings. The Morgan fingerprint density at radius 3 is 2.50 bits per heavy atom. The molecule has 150 valence electrons. The van der Waals surface area contributed by atoms with Gasteiger partial charge in [-0.05, 0) is 48.2 Å². The fourth-order valence-electron chi connectivity index (χ4n) is 3.16. The molecule has 2 aromatic rings. The third-order valence-corrected chi connectivity index (χ3v) is 6.61. The summed E-state index contributed by atoms with van der Waals surface area (Å²) in [5.74, 6) is -0.740. The van der Waals surface area contributed by atoms with Crippen LogP contribution in [0.1, 0.15) is 24.5 Å². The largest absolute Gasteiger partial charge is 0.325 e. The number of rotatable bonds is 6. The Kier molecular flexibility index (Phi) is 6.43. The lowest BCUT2D eigenvalue weighted by Gasteiger charge is -2.34. The summed E-state index contributed by atoms with van der Waals surface area (Å²) in [4.78, 5) is 12.4. The molecule has 0 atom stereocenters. The van der Waals surface area contributed by atoms with Crippen LogP contribution in [0.15, 0.2) is 48.5 Å². The number of nitrogens with one attached hydrogen (secondary N) is 1. The SMILES string of the molecule is CCc1cccc(NC(=O)CN2CCCN(Cc3ccc(F)cc3)S2(=O)=O)c1. The van der Waals surface area contributed by atoms with Gasteiger partial charge in [0.15, 0.2) is 0 Å². The highest BCUT2D eigenvalue weighted by molar-refractivity contribution is 7.86. The zero-order chi connectivity index (χ0) is 20.1. The molecule has 1 aliphatic rings. The first kappa shape index (κ1) is 20.4. The smallest absolute Gasteiger partial charge is 0.282 e. The predicted molar refractivity (Wildman–Crippen MR) is 106 cm³/mol. The lowest BCUT2D eigenvalue weighted by molar-refractivity contribution is -0.116. The van der Waals surface area contributed by atoms with Crippen molar-refractivity contribution in [2.24, 2.45) is 0 Å². The number of amides is 1. The minimum atomic E-state index is -3.76. The van der Waals surface area contributed by atoms with E-state index >= 15 is 0 Å². The molecule has 6 nitrogen and oxygen atoms in total. The molecule has 0 aliphatic carbocycles. The lowest BCUT2D eigenvalue weighted by atomic mass is 10.1. The fraction of sp³-hybridized carbons (Fsp3) is 0.350. The highest BCUT2D eigenvalue weighted by Gasteiger charge is 2.34. The van der Waals surface area contributed by atoms with Crippen molar-refractivity contribution < 1.29 is 17.6 Å². The molecule has 0 saturated carbocycles. The molecule has 1 N–H and O–H groups in total. The number of halogens is 1. The Bertz CT molecular complexity index is 932. The van der Waals surface area contributed by atoms with E-state index in [9.17, 15) is 17.6 Å². The normalized spacial score (nSPS) is 17.4. The van der Waals surface area contributed by atoms with Crippen molar-refractivity contribution in [1.82, 2.24) is 8.61 Å². The maximum atomic E-state index is 13.1. The van der Waals surface area contributed by atoms with Crippen LogP contribution in [0.3, 0.4) is 0 Å². The van der Waals surface area contributed by atoms with E-state index in [1.54, 1.807) is 18.2 Å². The molecule has 28 heavy (non-hydrogen) atoms. The van der Waals surface area contributed by atoms with Crippen LogP contribution in [0, 0.1) is 5.82 Å². The van der Waals surface area contributed by atoms with E-state index in [-0.39, 0.29) is 24.8 Å². The van der Waals surface area contributed by atoms with Gasteiger partial charge in [-0.25, -0.2) is 4.39 Å². The summed E-state index contributed by atoms with van der Waals surface area (Å²) in [6.07, 6.45) is 1.47. The van der Waals surface area contributed by atoms with E-state index in [1.807, 2.05) is 25.1 Å². The average molecular weight is 405 g/mol. The Morgan fingerprint density at radius 2 is 1.79 bits per heavy atom. The maximum Gasteiger partial charge on any atom is 0.282 e. The standard InChI is InChI=1S/C20H24FN3O3S/c1-2-16-5-3-6-19(13-16)22-20(25)15-24-12-4-11-23(28(24,26)27)14-17-7-9-18(21)10-8-17/h3,5-10,13H,2,4,11-12,14-15H2,1H3,(H,22,25). The number of benzene rings is 2. The van der Waals surface area contributed by atoms with Crippen LogP contribution in [-0.4, -0.2) is 42.6 Å². The highest BCUT2D eigenvalue weighted by atomic mass is 32.2. The van der Waals surface area contributed by atoms with Crippen molar-refractivity contribution in [1.29, 1.82) is 0 Å². The van der Waals surface area contributed by atoms with Crippen LogP contribution in [0.25, 0.3) is 0 Å². The summed E-state index contributed by atoms with van der Waals surface area (Å²) < 4.78 is 41.3. The number of carbonyl (C=O) groups excluding carboxylic acids is 1. The molecule has 1 amide bonds. The van der Waals surface area contributed by atoms with Gasteiger partial charge in [-0.2, -0.15) is 17.0 Å². The Balaban J connectivity index is 1.65. The first-order valence-corrected chi connectivity index (χ1v) is 10.7. The predicted octanol–water partition coefficient (Wildman–Crippen LogP) is 2.78. The molecule has 1 aliphatic heterocycles. The first-order valence-electron chi connectivity index (χ1n) is 9.27. The van der Waals surface area contributed by atoms with E-state index in [0.717, 1.165) is 12.0 Å².